The lowest BCUT2D eigenvalue weighted by Gasteiger charge is -2.35. The van der Waals surface area contributed by atoms with Crippen molar-refractivity contribution in [3.63, 3.8) is 0 Å². The quantitative estimate of drug-likeness (QED) is 0.839. The first-order valence-electron chi connectivity index (χ1n) is 8.03. The van der Waals surface area contributed by atoms with E-state index in [1.165, 1.54) is 0 Å². The zero-order valence-electron chi connectivity index (χ0n) is 13.4. The SMILES string of the molecule is COc1cccc(C(=O)N2CCN(C(=O)C3CCCO3)CC2)c1. The average Bonchev–Trinajstić information content (AvgIpc) is 3.15. The molecule has 0 bridgehead atoms. The average molecular weight is 318 g/mol. The monoisotopic (exact) mass is 318 g/mol. The van der Waals surface area contributed by atoms with E-state index in [0.717, 1.165) is 12.8 Å². The molecule has 6 heteroatoms. The van der Waals surface area contributed by atoms with E-state index in [0.29, 0.717) is 44.1 Å². The largest absolute Gasteiger partial charge is 0.497 e. The van der Waals surface area contributed by atoms with E-state index in [2.05, 4.69) is 0 Å². The highest BCUT2D eigenvalue weighted by Crippen LogP contribution is 2.18. The second-order valence-corrected chi connectivity index (χ2v) is 5.85. The van der Waals surface area contributed by atoms with Crippen LogP contribution in [0.5, 0.6) is 5.75 Å². The number of piperazine rings is 1. The lowest BCUT2D eigenvalue weighted by atomic mass is 10.1. The molecule has 0 spiro atoms. The highest BCUT2D eigenvalue weighted by atomic mass is 16.5. The maximum atomic E-state index is 12.5. The minimum atomic E-state index is -0.282. The summed E-state index contributed by atoms with van der Waals surface area (Å²) in [4.78, 5) is 28.5. The Balaban J connectivity index is 1.57. The molecule has 0 aliphatic carbocycles. The van der Waals surface area contributed by atoms with Gasteiger partial charge in [0.2, 0.25) is 0 Å². The Bertz CT molecular complexity index is 576. The summed E-state index contributed by atoms with van der Waals surface area (Å²) in [6, 6.07) is 7.15. The van der Waals surface area contributed by atoms with Gasteiger partial charge in [-0.15, -0.1) is 0 Å². The fourth-order valence-corrected chi connectivity index (χ4v) is 3.04. The molecule has 2 aliphatic rings. The summed E-state index contributed by atoms with van der Waals surface area (Å²) in [5.74, 6) is 0.715. The standard InChI is InChI=1S/C17H22N2O4/c1-22-14-5-2-4-13(12-14)16(20)18-7-9-19(10-8-18)17(21)15-6-3-11-23-15/h2,4-5,12,15H,3,6-11H2,1H3. The molecule has 0 aromatic heterocycles. The molecule has 23 heavy (non-hydrogen) atoms. The van der Waals surface area contributed by atoms with Crippen molar-refractivity contribution in [2.24, 2.45) is 0 Å². The van der Waals surface area contributed by atoms with Crippen molar-refractivity contribution in [2.75, 3.05) is 39.9 Å². The van der Waals surface area contributed by atoms with Gasteiger partial charge in [-0.05, 0) is 31.0 Å². The molecule has 2 aliphatic heterocycles. The van der Waals surface area contributed by atoms with Gasteiger partial charge in [-0.25, -0.2) is 0 Å². The predicted octanol–water partition coefficient (Wildman–Crippen LogP) is 1.16. The van der Waals surface area contributed by atoms with Crippen LogP contribution in [0.15, 0.2) is 24.3 Å². The van der Waals surface area contributed by atoms with E-state index in [4.69, 9.17) is 9.47 Å². The predicted molar refractivity (Wildman–Crippen MR) is 84.5 cm³/mol. The van der Waals surface area contributed by atoms with E-state index in [-0.39, 0.29) is 17.9 Å². The number of carbonyl (C=O) groups is 2. The van der Waals surface area contributed by atoms with E-state index in [9.17, 15) is 9.59 Å². The van der Waals surface area contributed by atoms with Crippen molar-refractivity contribution in [1.29, 1.82) is 0 Å². The Labute approximate surface area is 136 Å². The molecule has 1 aromatic rings. The number of hydrogen-bond donors (Lipinski definition) is 0. The third-order valence-corrected chi connectivity index (χ3v) is 4.40. The normalized spacial score (nSPS) is 21.3. The van der Waals surface area contributed by atoms with Crippen molar-refractivity contribution < 1.29 is 19.1 Å². The summed E-state index contributed by atoms with van der Waals surface area (Å²) in [5, 5.41) is 0. The number of benzene rings is 1. The highest BCUT2D eigenvalue weighted by Gasteiger charge is 2.31. The molecule has 2 amide bonds. The van der Waals surface area contributed by atoms with Crippen molar-refractivity contribution in [1.82, 2.24) is 9.80 Å². The van der Waals surface area contributed by atoms with Crippen LogP contribution in [-0.4, -0.2) is 67.6 Å². The summed E-state index contributed by atoms with van der Waals surface area (Å²) in [5.41, 5.74) is 0.614. The maximum Gasteiger partial charge on any atom is 0.254 e. The van der Waals surface area contributed by atoms with Crippen molar-refractivity contribution in [2.45, 2.75) is 18.9 Å². The van der Waals surface area contributed by atoms with Gasteiger partial charge in [0.05, 0.1) is 7.11 Å². The molecule has 2 fully saturated rings. The summed E-state index contributed by atoms with van der Waals surface area (Å²) >= 11 is 0. The number of rotatable bonds is 3. The van der Waals surface area contributed by atoms with Crippen molar-refractivity contribution in [3.05, 3.63) is 29.8 Å². The summed E-state index contributed by atoms with van der Waals surface area (Å²) in [6.07, 6.45) is 1.47. The van der Waals surface area contributed by atoms with Gasteiger partial charge in [0.15, 0.2) is 0 Å². The number of amides is 2. The van der Waals surface area contributed by atoms with Crippen LogP contribution < -0.4 is 4.74 Å². The van der Waals surface area contributed by atoms with E-state index < -0.39 is 0 Å². The molecule has 1 aromatic carbocycles. The van der Waals surface area contributed by atoms with Crippen LogP contribution in [0.25, 0.3) is 0 Å². The van der Waals surface area contributed by atoms with E-state index in [1.807, 2.05) is 17.0 Å². The maximum absolute atomic E-state index is 12.5. The van der Waals surface area contributed by atoms with Gasteiger partial charge in [-0.2, -0.15) is 0 Å². The highest BCUT2D eigenvalue weighted by molar-refractivity contribution is 5.94. The Morgan fingerprint density at radius 1 is 1.17 bits per heavy atom. The summed E-state index contributed by atoms with van der Waals surface area (Å²) in [7, 11) is 1.58. The summed E-state index contributed by atoms with van der Waals surface area (Å²) < 4.78 is 10.6. The molecule has 2 saturated heterocycles. The number of hydrogen-bond acceptors (Lipinski definition) is 4. The lowest BCUT2D eigenvalue weighted by Crippen LogP contribution is -2.52. The molecule has 0 radical (unpaired) electrons. The second kappa shape index (κ2) is 7.00. The molecule has 2 heterocycles. The number of methoxy groups -OCH3 is 1. The Morgan fingerprint density at radius 3 is 2.57 bits per heavy atom. The van der Waals surface area contributed by atoms with E-state index >= 15 is 0 Å². The van der Waals surface area contributed by atoms with Gasteiger partial charge in [-0.1, -0.05) is 6.07 Å². The Kier molecular flexibility index (Phi) is 4.81. The first-order valence-corrected chi connectivity index (χ1v) is 8.03. The molecule has 1 atom stereocenters. The third-order valence-electron chi connectivity index (χ3n) is 4.40. The fraction of sp³-hybridized carbons (Fsp3) is 0.529. The number of carbonyl (C=O) groups excluding carboxylic acids is 2. The zero-order valence-corrected chi connectivity index (χ0v) is 13.4. The molecule has 0 saturated carbocycles. The molecular formula is C17H22N2O4. The molecule has 124 valence electrons. The van der Waals surface area contributed by atoms with Gasteiger partial charge in [0.1, 0.15) is 11.9 Å². The van der Waals surface area contributed by atoms with Crippen LogP contribution >= 0.6 is 0 Å². The van der Waals surface area contributed by atoms with Crippen LogP contribution in [0, 0.1) is 0 Å². The van der Waals surface area contributed by atoms with Gasteiger partial charge in [0.25, 0.3) is 11.8 Å². The topological polar surface area (TPSA) is 59.1 Å². The lowest BCUT2D eigenvalue weighted by molar-refractivity contribution is -0.142. The minimum Gasteiger partial charge on any atom is -0.497 e. The smallest absolute Gasteiger partial charge is 0.254 e. The first kappa shape index (κ1) is 15.8. The van der Waals surface area contributed by atoms with Gasteiger partial charge in [0, 0.05) is 38.3 Å². The minimum absolute atomic E-state index is 0.0203. The van der Waals surface area contributed by atoms with Crippen LogP contribution in [0.2, 0.25) is 0 Å². The molecule has 0 N–H and O–H groups in total. The van der Waals surface area contributed by atoms with Crippen LogP contribution in [0.1, 0.15) is 23.2 Å². The molecule has 1 unspecified atom stereocenters. The summed E-state index contributed by atoms with van der Waals surface area (Å²) in [6.45, 7) is 2.90. The van der Waals surface area contributed by atoms with Gasteiger partial charge in [-0.3, -0.25) is 9.59 Å². The third kappa shape index (κ3) is 3.47. The van der Waals surface area contributed by atoms with Crippen LogP contribution in [-0.2, 0) is 9.53 Å². The number of ether oxygens (including phenoxy) is 2. The van der Waals surface area contributed by atoms with E-state index in [1.54, 1.807) is 24.1 Å². The second-order valence-electron chi connectivity index (χ2n) is 5.85. The van der Waals surface area contributed by atoms with Gasteiger partial charge >= 0.3 is 0 Å². The Hall–Kier alpha value is -2.08. The molecule has 6 nitrogen and oxygen atoms in total. The zero-order chi connectivity index (χ0) is 16.2. The molecular weight excluding hydrogens is 296 g/mol. The van der Waals surface area contributed by atoms with Crippen LogP contribution in [0.4, 0.5) is 0 Å². The van der Waals surface area contributed by atoms with Gasteiger partial charge < -0.3 is 19.3 Å². The molecule has 3 rings (SSSR count). The first-order chi connectivity index (χ1) is 11.2. The fourth-order valence-electron chi connectivity index (χ4n) is 3.04. The van der Waals surface area contributed by atoms with Crippen molar-refractivity contribution >= 4 is 11.8 Å². The van der Waals surface area contributed by atoms with Crippen LogP contribution in [0.3, 0.4) is 0 Å². The Morgan fingerprint density at radius 2 is 1.91 bits per heavy atom. The number of nitrogens with zero attached hydrogens (tertiary/aromatic N) is 2. The van der Waals surface area contributed by atoms with Crippen molar-refractivity contribution in [3.8, 4) is 5.75 Å².